The topological polar surface area (TPSA) is 66.4 Å². The molecule has 0 aliphatic heterocycles. The van der Waals surface area contributed by atoms with E-state index in [2.05, 4.69) is 5.32 Å². The summed E-state index contributed by atoms with van der Waals surface area (Å²) in [6.45, 7) is 2.44. The highest BCUT2D eigenvalue weighted by molar-refractivity contribution is 5.85. The molecule has 0 aromatic heterocycles. The van der Waals surface area contributed by atoms with Crippen molar-refractivity contribution in [2.24, 2.45) is 11.8 Å². The van der Waals surface area contributed by atoms with Crippen molar-refractivity contribution in [3.05, 3.63) is 47.5 Å². The van der Waals surface area contributed by atoms with Gasteiger partial charge in [0.05, 0.1) is 11.8 Å². The lowest BCUT2D eigenvalue weighted by atomic mass is 9.82. The number of amides is 1. The third kappa shape index (κ3) is 3.47. The second-order valence-corrected chi connectivity index (χ2v) is 5.20. The van der Waals surface area contributed by atoms with Gasteiger partial charge in [0.2, 0.25) is 5.91 Å². The number of nitrogens with one attached hydrogen (secondary N) is 1. The molecular weight excluding hydrogens is 254 g/mol. The van der Waals surface area contributed by atoms with Crippen LogP contribution < -0.4 is 5.32 Å². The molecule has 0 heterocycles. The number of benzene rings is 1. The second-order valence-electron chi connectivity index (χ2n) is 5.20. The third-order valence-corrected chi connectivity index (χ3v) is 3.64. The van der Waals surface area contributed by atoms with Gasteiger partial charge in [-0.15, -0.1) is 0 Å². The van der Waals surface area contributed by atoms with Crippen LogP contribution in [0.5, 0.6) is 0 Å². The van der Waals surface area contributed by atoms with Gasteiger partial charge in [-0.25, -0.2) is 0 Å². The minimum absolute atomic E-state index is 0.178. The molecule has 0 radical (unpaired) electrons. The van der Waals surface area contributed by atoms with Gasteiger partial charge in [0, 0.05) is 6.54 Å². The van der Waals surface area contributed by atoms with E-state index in [1.165, 1.54) is 0 Å². The maximum atomic E-state index is 12.2. The Morgan fingerprint density at radius 3 is 2.60 bits per heavy atom. The van der Waals surface area contributed by atoms with Gasteiger partial charge in [0.1, 0.15) is 0 Å². The maximum absolute atomic E-state index is 12.2. The number of hydrogen-bond acceptors (Lipinski definition) is 2. The number of rotatable bonds is 4. The summed E-state index contributed by atoms with van der Waals surface area (Å²) in [6, 6.07) is 7.90. The Hall–Kier alpha value is -2.10. The second kappa shape index (κ2) is 6.37. The molecule has 0 bridgehead atoms. The summed E-state index contributed by atoms with van der Waals surface area (Å²) in [6.07, 6.45) is 4.65. The van der Waals surface area contributed by atoms with Crippen molar-refractivity contribution in [3.63, 3.8) is 0 Å². The quantitative estimate of drug-likeness (QED) is 0.827. The normalized spacial score (nSPS) is 21.4. The van der Waals surface area contributed by atoms with Gasteiger partial charge < -0.3 is 10.4 Å². The summed E-state index contributed by atoms with van der Waals surface area (Å²) >= 11 is 0. The summed E-state index contributed by atoms with van der Waals surface area (Å²) in [7, 11) is 0. The predicted octanol–water partition coefficient (Wildman–Crippen LogP) is 2.28. The first kappa shape index (κ1) is 14.3. The van der Waals surface area contributed by atoms with Crippen LogP contribution >= 0.6 is 0 Å². The van der Waals surface area contributed by atoms with Gasteiger partial charge in [-0.1, -0.05) is 42.0 Å². The Kier molecular flexibility index (Phi) is 4.56. The lowest BCUT2D eigenvalue weighted by Gasteiger charge is -2.24. The van der Waals surface area contributed by atoms with Crippen LogP contribution in [0.15, 0.2) is 36.4 Å². The van der Waals surface area contributed by atoms with Gasteiger partial charge >= 0.3 is 5.97 Å². The highest BCUT2D eigenvalue weighted by atomic mass is 16.4. The molecular formula is C16H19NO3. The number of carboxylic acid groups (broad SMARTS) is 1. The molecule has 1 amide bonds. The number of aliphatic carboxylic acids is 1. The first-order valence-electron chi connectivity index (χ1n) is 6.79. The summed E-state index contributed by atoms with van der Waals surface area (Å²) in [4.78, 5) is 23.3. The highest BCUT2D eigenvalue weighted by Crippen LogP contribution is 2.26. The van der Waals surface area contributed by atoms with Crippen LogP contribution in [-0.4, -0.2) is 17.0 Å². The van der Waals surface area contributed by atoms with Crippen LogP contribution in [-0.2, 0) is 16.1 Å². The molecule has 1 aromatic rings. The standard InChI is InChI=1S/C16H19NO3/c1-11-5-4-6-12(9-11)10-17-15(18)13-7-2-3-8-14(13)16(19)20/h2-6,9,13-14H,7-8,10H2,1H3,(H,17,18)(H,19,20)/t13-,14+/m1/s1. The Balaban J connectivity index is 1.97. The molecule has 2 rings (SSSR count). The van der Waals surface area contributed by atoms with Crippen LogP contribution in [0.2, 0.25) is 0 Å². The maximum Gasteiger partial charge on any atom is 0.307 e. The van der Waals surface area contributed by atoms with E-state index < -0.39 is 17.8 Å². The zero-order valence-electron chi connectivity index (χ0n) is 11.5. The smallest absolute Gasteiger partial charge is 0.307 e. The van der Waals surface area contributed by atoms with Crippen molar-refractivity contribution in [2.75, 3.05) is 0 Å². The average Bonchev–Trinajstić information content (AvgIpc) is 2.45. The predicted molar refractivity (Wildman–Crippen MR) is 76.0 cm³/mol. The van der Waals surface area contributed by atoms with E-state index in [4.69, 9.17) is 5.11 Å². The fourth-order valence-electron chi connectivity index (χ4n) is 2.52. The van der Waals surface area contributed by atoms with E-state index in [0.717, 1.165) is 11.1 Å². The van der Waals surface area contributed by atoms with Gasteiger partial charge in [0.25, 0.3) is 0 Å². The zero-order chi connectivity index (χ0) is 14.5. The van der Waals surface area contributed by atoms with E-state index in [-0.39, 0.29) is 5.91 Å². The van der Waals surface area contributed by atoms with Gasteiger partial charge in [-0.2, -0.15) is 0 Å². The molecule has 1 aliphatic rings. The van der Waals surface area contributed by atoms with Crippen LogP contribution in [0.3, 0.4) is 0 Å². The molecule has 0 saturated carbocycles. The Labute approximate surface area is 118 Å². The molecule has 4 heteroatoms. The first-order chi connectivity index (χ1) is 9.58. The number of carboxylic acids is 1. The Morgan fingerprint density at radius 2 is 1.95 bits per heavy atom. The van der Waals surface area contributed by atoms with Crippen molar-refractivity contribution < 1.29 is 14.7 Å². The molecule has 2 atom stereocenters. The summed E-state index contributed by atoms with van der Waals surface area (Å²) in [5.41, 5.74) is 2.16. The van der Waals surface area contributed by atoms with E-state index >= 15 is 0 Å². The van der Waals surface area contributed by atoms with E-state index in [0.29, 0.717) is 19.4 Å². The molecule has 0 spiro atoms. The van der Waals surface area contributed by atoms with Crippen LogP contribution in [0.1, 0.15) is 24.0 Å². The lowest BCUT2D eigenvalue weighted by molar-refractivity contribution is -0.147. The molecule has 0 unspecified atom stereocenters. The minimum atomic E-state index is -0.898. The van der Waals surface area contributed by atoms with Crippen LogP contribution in [0, 0.1) is 18.8 Å². The highest BCUT2D eigenvalue weighted by Gasteiger charge is 2.33. The van der Waals surface area contributed by atoms with Crippen molar-refractivity contribution >= 4 is 11.9 Å². The Bertz CT molecular complexity index is 536. The molecule has 0 fully saturated rings. The van der Waals surface area contributed by atoms with Crippen molar-refractivity contribution in [2.45, 2.75) is 26.3 Å². The number of allylic oxidation sites excluding steroid dienone is 2. The molecule has 0 saturated heterocycles. The summed E-state index contributed by atoms with van der Waals surface area (Å²) in [5, 5.41) is 12.0. The largest absolute Gasteiger partial charge is 0.481 e. The summed E-state index contributed by atoms with van der Waals surface area (Å²) in [5.74, 6) is -2.16. The van der Waals surface area contributed by atoms with Crippen molar-refractivity contribution in [1.29, 1.82) is 0 Å². The third-order valence-electron chi connectivity index (χ3n) is 3.64. The van der Waals surface area contributed by atoms with Gasteiger partial charge in [-0.3, -0.25) is 9.59 Å². The van der Waals surface area contributed by atoms with Crippen LogP contribution in [0.4, 0.5) is 0 Å². The van der Waals surface area contributed by atoms with Crippen molar-refractivity contribution in [1.82, 2.24) is 5.32 Å². The zero-order valence-corrected chi connectivity index (χ0v) is 11.5. The fourth-order valence-corrected chi connectivity index (χ4v) is 2.52. The van der Waals surface area contributed by atoms with Gasteiger partial charge in [0.15, 0.2) is 0 Å². The monoisotopic (exact) mass is 273 g/mol. The number of carbonyl (C=O) groups is 2. The van der Waals surface area contributed by atoms with E-state index in [1.807, 2.05) is 43.3 Å². The van der Waals surface area contributed by atoms with E-state index in [9.17, 15) is 9.59 Å². The fraction of sp³-hybridized carbons (Fsp3) is 0.375. The van der Waals surface area contributed by atoms with Crippen molar-refractivity contribution in [3.8, 4) is 0 Å². The Morgan fingerprint density at radius 1 is 1.25 bits per heavy atom. The summed E-state index contributed by atoms with van der Waals surface area (Å²) < 4.78 is 0. The SMILES string of the molecule is Cc1cccc(CNC(=O)[C@@H]2CC=CC[C@@H]2C(=O)O)c1. The molecule has 1 aromatic carbocycles. The first-order valence-corrected chi connectivity index (χ1v) is 6.79. The van der Waals surface area contributed by atoms with E-state index in [1.54, 1.807) is 0 Å². The van der Waals surface area contributed by atoms with Crippen LogP contribution in [0.25, 0.3) is 0 Å². The molecule has 1 aliphatic carbocycles. The average molecular weight is 273 g/mol. The number of hydrogen-bond donors (Lipinski definition) is 2. The minimum Gasteiger partial charge on any atom is -0.481 e. The molecule has 106 valence electrons. The molecule has 4 nitrogen and oxygen atoms in total. The van der Waals surface area contributed by atoms with Gasteiger partial charge in [-0.05, 0) is 25.3 Å². The number of aryl methyl sites for hydroxylation is 1. The lowest BCUT2D eigenvalue weighted by Crippen LogP contribution is -2.38. The molecule has 20 heavy (non-hydrogen) atoms. The number of carbonyl (C=O) groups excluding carboxylic acids is 1. The molecule has 2 N–H and O–H groups in total.